The second kappa shape index (κ2) is 8.30. The van der Waals surface area contributed by atoms with Crippen molar-refractivity contribution < 1.29 is 9.47 Å². The van der Waals surface area contributed by atoms with Gasteiger partial charge in [-0.1, -0.05) is 41.4 Å². The van der Waals surface area contributed by atoms with E-state index in [9.17, 15) is 0 Å². The molecule has 0 bridgehead atoms. The van der Waals surface area contributed by atoms with Crippen LogP contribution in [-0.4, -0.2) is 25.7 Å². The lowest BCUT2D eigenvalue weighted by atomic mass is 9.78. The van der Waals surface area contributed by atoms with Gasteiger partial charge in [-0.05, 0) is 49.5 Å². The van der Waals surface area contributed by atoms with Gasteiger partial charge in [0.05, 0.1) is 22.1 Å². The molecular weight excluding hydrogens is 345 g/mol. The summed E-state index contributed by atoms with van der Waals surface area (Å²) in [6.45, 7) is 1.37. The van der Waals surface area contributed by atoms with Crippen LogP contribution in [0.25, 0.3) is 0 Å². The number of halogens is 2. The first-order chi connectivity index (χ1) is 11.7. The summed E-state index contributed by atoms with van der Waals surface area (Å²) in [5, 5.41) is 1.10. The first-order valence-electron chi connectivity index (χ1n) is 8.27. The second-order valence-corrected chi connectivity index (χ2v) is 6.88. The molecule has 0 amide bonds. The highest BCUT2D eigenvalue weighted by molar-refractivity contribution is 6.42. The molecule has 1 aromatic carbocycles. The van der Waals surface area contributed by atoms with Gasteiger partial charge in [0.25, 0.3) is 0 Å². The van der Waals surface area contributed by atoms with E-state index in [1.54, 1.807) is 6.20 Å². The highest BCUT2D eigenvalue weighted by Gasteiger charge is 2.29. The summed E-state index contributed by atoms with van der Waals surface area (Å²) in [7, 11) is 0. The lowest BCUT2D eigenvalue weighted by Crippen LogP contribution is -2.30. The van der Waals surface area contributed by atoms with Crippen molar-refractivity contribution in [2.45, 2.75) is 37.4 Å². The highest BCUT2D eigenvalue weighted by Crippen LogP contribution is 2.34. The molecule has 3 nitrogen and oxygen atoms in total. The largest absolute Gasteiger partial charge is 0.353 e. The van der Waals surface area contributed by atoms with E-state index in [0.29, 0.717) is 16.7 Å². The second-order valence-electron chi connectivity index (χ2n) is 6.06. The highest BCUT2D eigenvalue weighted by atomic mass is 35.5. The van der Waals surface area contributed by atoms with Crippen molar-refractivity contribution in [1.82, 2.24) is 0 Å². The third-order valence-corrected chi connectivity index (χ3v) is 5.14. The van der Waals surface area contributed by atoms with Crippen molar-refractivity contribution in [3.05, 3.63) is 58.2 Å². The molecule has 0 aromatic heterocycles. The van der Waals surface area contributed by atoms with Gasteiger partial charge in [0.15, 0.2) is 6.29 Å². The quantitative estimate of drug-likeness (QED) is 0.706. The van der Waals surface area contributed by atoms with Crippen molar-refractivity contribution in [3.8, 4) is 0 Å². The molecule has 0 N–H and O–H groups in total. The van der Waals surface area contributed by atoms with Crippen LogP contribution in [0.15, 0.2) is 47.6 Å². The molecule has 0 spiro atoms. The van der Waals surface area contributed by atoms with Crippen LogP contribution in [0.3, 0.4) is 0 Å². The van der Waals surface area contributed by atoms with Gasteiger partial charge in [-0.25, -0.2) is 0 Å². The average Bonchev–Trinajstić information content (AvgIpc) is 2.85. The van der Waals surface area contributed by atoms with Gasteiger partial charge in [-0.3, -0.25) is 4.99 Å². The van der Waals surface area contributed by atoms with E-state index < -0.39 is 0 Å². The van der Waals surface area contributed by atoms with Gasteiger partial charge in [-0.2, -0.15) is 0 Å². The summed E-state index contributed by atoms with van der Waals surface area (Å²) < 4.78 is 11.6. The van der Waals surface area contributed by atoms with Crippen LogP contribution in [0.2, 0.25) is 10.0 Å². The predicted molar refractivity (Wildman–Crippen MR) is 99.1 cm³/mol. The fourth-order valence-electron chi connectivity index (χ4n) is 3.00. The molecule has 24 heavy (non-hydrogen) atoms. The van der Waals surface area contributed by atoms with Gasteiger partial charge in [0.2, 0.25) is 0 Å². The topological polar surface area (TPSA) is 30.8 Å². The number of benzene rings is 1. The first-order valence-corrected chi connectivity index (χ1v) is 9.03. The Labute approximate surface area is 153 Å². The van der Waals surface area contributed by atoms with Crippen molar-refractivity contribution in [1.29, 1.82) is 0 Å². The van der Waals surface area contributed by atoms with Crippen LogP contribution in [0.5, 0.6) is 0 Å². The maximum atomic E-state index is 6.22. The summed E-state index contributed by atoms with van der Waals surface area (Å²) in [4.78, 5) is 4.39. The maximum Gasteiger partial charge on any atom is 0.157 e. The number of rotatable bonds is 5. The number of allylic oxidation sites excluding steroid dienone is 3. The Morgan fingerprint density at radius 1 is 1.21 bits per heavy atom. The number of hydrogen-bond donors (Lipinski definition) is 0. The van der Waals surface area contributed by atoms with Gasteiger partial charge < -0.3 is 9.47 Å². The van der Waals surface area contributed by atoms with E-state index >= 15 is 0 Å². The van der Waals surface area contributed by atoms with E-state index in [4.69, 9.17) is 32.7 Å². The third-order valence-electron chi connectivity index (χ3n) is 4.40. The van der Waals surface area contributed by atoms with Crippen LogP contribution >= 0.6 is 23.2 Å². The van der Waals surface area contributed by atoms with E-state index in [2.05, 4.69) is 11.1 Å². The van der Waals surface area contributed by atoms with E-state index in [0.717, 1.165) is 37.9 Å². The Morgan fingerprint density at radius 3 is 2.92 bits per heavy atom. The average molecular weight is 366 g/mol. The lowest BCUT2D eigenvalue weighted by molar-refractivity contribution is -0.163. The number of hydrogen-bond acceptors (Lipinski definition) is 3. The van der Waals surface area contributed by atoms with Crippen LogP contribution in [0.4, 0.5) is 0 Å². The monoisotopic (exact) mass is 365 g/mol. The summed E-state index contributed by atoms with van der Waals surface area (Å²) in [5.74, 6) is 0. The number of nitrogens with zero attached hydrogens (tertiary/aromatic N) is 1. The minimum Gasteiger partial charge on any atom is -0.353 e. The lowest BCUT2D eigenvalue weighted by Gasteiger charge is -2.29. The molecule has 1 saturated heterocycles. The van der Waals surface area contributed by atoms with Gasteiger partial charge in [-0.15, -0.1) is 0 Å². The summed E-state index contributed by atoms with van der Waals surface area (Å²) in [6.07, 6.45) is 13.7. The van der Waals surface area contributed by atoms with Crippen LogP contribution in [0, 0.1) is 0 Å². The van der Waals surface area contributed by atoms with E-state index in [-0.39, 0.29) is 11.7 Å². The molecule has 0 saturated carbocycles. The molecule has 5 heteroatoms. The van der Waals surface area contributed by atoms with Crippen LogP contribution in [-0.2, 0) is 14.9 Å². The molecule has 2 aliphatic rings. The first kappa shape index (κ1) is 17.7. The zero-order valence-electron chi connectivity index (χ0n) is 13.5. The zero-order valence-corrected chi connectivity index (χ0v) is 15.0. The predicted octanol–water partition coefficient (Wildman–Crippen LogP) is 5.32. The molecule has 1 aromatic rings. The molecule has 1 fully saturated rings. The SMILES string of the molecule is Clc1ccc(C2(CCOC3CCCCO3)C=CC=CN=C2)cc1Cl. The fraction of sp³-hybridized carbons (Fsp3) is 0.421. The molecule has 2 atom stereocenters. The Hall–Kier alpha value is -1.13. The number of ether oxygens (including phenoxy) is 2. The third kappa shape index (κ3) is 4.28. The molecule has 0 aliphatic carbocycles. The fourth-order valence-corrected chi connectivity index (χ4v) is 3.29. The molecular formula is C19H21Cl2NO2. The molecule has 2 heterocycles. The Kier molecular flexibility index (Phi) is 6.12. The van der Waals surface area contributed by atoms with Gasteiger partial charge in [0, 0.05) is 19.0 Å². The zero-order chi connectivity index (χ0) is 16.8. The van der Waals surface area contributed by atoms with Gasteiger partial charge in [0.1, 0.15) is 0 Å². The van der Waals surface area contributed by atoms with E-state index in [1.807, 2.05) is 36.6 Å². The molecule has 128 valence electrons. The Balaban J connectivity index is 1.76. The van der Waals surface area contributed by atoms with Gasteiger partial charge >= 0.3 is 0 Å². The molecule has 0 radical (unpaired) electrons. The minimum atomic E-state index is -0.369. The van der Waals surface area contributed by atoms with Crippen molar-refractivity contribution in [3.63, 3.8) is 0 Å². The van der Waals surface area contributed by atoms with Crippen molar-refractivity contribution >= 4 is 29.4 Å². The summed E-state index contributed by atoms with van der Waals surface area (Å²) in [6, 6.07) is 5.72. The Morgan fingerprint density at radius 2 is 2.12 bits per heavy atom. The van der Waals surface area contributed by atoms with Crippen molar-refractivity contribution in [2.24, 2.45) is 4.99 Å². The smallest absolute Gasteiger partial charge is 0.157 e. The standard InChI is InChI=1S/C19H21Cl2NO2/c20-16-7-6-15(13-17(16)21)19(8-2-3-10-22-14-19)9-12-24-18-5-1-4-11-23-18/h2-3,6-8,10,13-14,18H,1,4-5,9,11-12H2. The summed E-state index contributed by atoms with van der Waals surface area (Å²) in [5.41, 5.74) is 0.681. The van der Waals surface area contributed by atoms with Crippen LogP contribution < -0.4 is 0 Å². The van der Waals surface area contributed by atoms with Crippen molar-refractivity contribution in [2.75, 3.05) is 13.2 Å². The van der Waals surface area contributed by atoms with Crippen LogP contribution in [0.1, 0.15) is 31.2 Å². The minimum absolute atomic E-state index is 0.0885. The van der Waals surface area contributed by atoms with E-state index in [1.165, 1.54) is 0 Å². The Bertz CT molecular complexity index is 633. The molecule has 2 unspecified atom stereocenters. The normalized spacial score (nSPS) is 26.5. The summed E-state index contributed by atoms with van der Waals surface area (Å²) >= 11 is 12.3. The number of aliphatic imine (C=N–C) groups is 1. The molecule has 2 aliphatic heterocycles. The molecule has 3 rings (SSSR count). The maximum absolute atomic E-state index is 6.22.